The van der Waals surface area contributed by atoms with Crippen molar-refractivity contribution in [2.24, 2.45) is 0 Å². The van der Waals surface area contributed by atoms with E-state index >= 15 is 0 Å². The molecule has 27 heavy (non-hydrogen) atoms. The fourth-order valence-corrected chi connectivity index (χ4v) is 3.49. The molecule has 2 aromatic carbocycles. The highest BCUT2D eigenvalue weighted by molar-refractivity contribution is 6.30. The Hall–Kier alpha value is -3.32. The number of benzene rings is 2. The lowest BCUT2D eigenvalue weighted by Gasteiger charge is -2.25. The zero-order valence-corrected chi connectivity index (χ0v) is 14.8. The number of nitrogens with one attached hydrogen (secondary N) is 1. The second-order valence-corrected chi connectivity index (χ2v) is 6.38. The van der Waals surface area contributed by atoms with Gasteiger partial charge in [-0.1, -0.05) is 35.9 Å². The van der Waals surface area contributed by atoms with Crippen LogP contribution in [0.25, 0.3) is 11.0 Å². The Bertz CT molecular complexity index is 1170. The van der Waals surface area contributed by atoms with Gasteiger partial charge >= 0.3 is 11.3 Å². The van der Waals surface area contributed by atoms with Crippen LogP contribution in [0, 0.1) is 10.1 Å². The molecule has 3 aromatic rings. The average molecular weight is 385 g/mol. The first kappa shape index (κ1) is 17.1. The van der Waals surface area contributed by atoms with Gasteiger partial charge in [-0.2, -0.15) is 0 Å². The molecule has 0 aliphatic carbocycles. The number of hydrogen-bond acceptors (Lipinski definition) is 6. The smallest absolute Gasteiger partial charge is 0.344 e. The quantitative estimate of drug-likeness (QED) is 0.421. The molecule has 4 rings (SSSR count). The van der Waals surface area contributed by atoms with Gasteiger partial charge in [0.15, 0.2) is 5.75 Å². The Labute approximate surface area is 158 Å². The largest absolute Gasteiger partial charge is 0.434 e. The third-order valence-electron chi connectivity index (χ3n) is 4.40. The minimum absolute atomic E-state index is 0.0340. The van der Waals surface area contributed by atoms with Crippen LogP contribution >= 0.6 is 11.6 Å². The highest BCUT2D eigenvalue weighted by Gasteiger charge is 2.43. The molecule has 1 aromatic heterocycles. The molecule has 0 bridgehead atoms. The molecule has 1 aliphatic rings. The van der Waals surface area contributed by atoms with E-state index in [9.17, 15) is 14.9 Å². The van der Waals surface area contributed by atoms with Crippen molar-refractivity contribution in [3.8, 4) is 5.75 Å². The van der Waals surface area contributed by atoms with Gasteiger partial charge in [-0.25, -0.2) is 4.79 Å². The normalized spacial score (nSPS) is 16.0. The maximum atomic E-state index is 12.8. The van der Waals surface area contributed by atoms with E-state index < -0.39 is 16.5 Å². The zero-order chi connectivity index (χ0) is 19.1. The van der Waals surface area contributed by atoms with Crippen LogP contribution in [-0.4, -0.2) is 12.0 Å². The fourth-order valence-electron chi connectivity index (χ4n) is 3.30. The van der Waals surface area contributed by atoms with E-state index in [1.165, 1.54) is 7.05 Å². The Balaban J connectivity index is 2.11. The van der Waals surface area contributed by atoms with Crippen LogP contribution in [0.3, 0.4) is 0 Å². The van der Waals surface area contributed by atoms with E-state index in [-0.39, 0.29) is 22.9 Å². The van der Waals surface area contributed by atoms with Crippen LogP contribution in [0.2, 0.25) is 5.02 Å². The molecule has 1 atom stereocenters. The van der Waals surface area contributed by atoms with Gasteiger partial charge in [0.2, 0.25) is 0 Å². The van der Waals surface area contributed by atoms with Crippen molar-refractivity contribution >= 4 is 22.6 Å². The lowest BCUT2D eigenvalue weighted by molar-refractivity contribution is -0.432. The molecule has 0 fully saturated rings. The molecule has 7 nitrogen and oxygen atoms in total. The SMILES string of the molecule is CNC1=C([N+](=O)[O-])[C@@H](c2cccc(Cl)c2)c2c(c3ccccc3oc2=O)O1. The van der Waals surface area contributed by atoms with Crippen molar-refractivity contribution in [1.82, 2.24) is 5.32 Å². The Kier molecular flexibility index (Phi) is 4.08. The molecule has 0 saturated carbocycles. The van der Waals surface area contributed by atoms with Gasteiger partial charge in [0.05, 0.1) is 15.9 Å². The van der Waals surface area contributed by atoms with Gasteiger partial charge in [0, 0.05) is 12.1 Å². The molecule has 0 saturated heterocycles. The van der Waals surface area contributed by atoms with Crippen LogP contribution in [0.1, 0.15) is 17.0 Å². The van der Waals surface area contributed by atoms with E-state index in [1.807, 2.05) is 0 Å². The molecule has 8 heteroatoms. The summed E-state index contributed by atoms with van der Waals surface area (Å²) in [4.78, 5) is 24.0. The lowest BCUT2D eigenvalue weighted by Crippen LogP contribution is -2.31. The summed E-state index contributed by atoms with van der Waals surface area (Å²) in [6.45, 7) is 0. The molecule has 0 radical (unpaired) electrons. The van der Waals surface area contributed by atoms with Crippen molar-refractivity contribution in [3.63, 3.8) is 0 Å². The number of allylic oxidation sites excluding steroid dienone is 1. The molecular weight excluding hydrogens is 372 g/mol. The number of nitrogens with zero attached hydrogens (tertiary/aromatic N) is 1. The predicted molar refractivity (Wildman–Crippen MR) is 99.5 cm³/mol. The number of hydrogen-bond donors (Lipinski definition) is 1. The van der Waals surface area contributed by atoms with Crippen LogP contribution in [-0.2, 0) is 0 Å². The van der Waals surface area contributed by atoms with Crippen LogP contribution in [0.15, 0.2) is 69.3 Å². The van der Waals surface area contributed by atoms with Gasteiger partial charge < -0.3 is 14.5 Å². The van der Waals surface area contributed by atoms with Crippen molar-refractivity contribution in [2.75, 3.05) is 7.05 Å². The second kappa shape index (κ2) is 6.44. The summed E-state index contributed by atoms with van der Waals surface area (Å²) in [5.41, 5.74) is -0.0696. The van der Waals surface area contributed by atoms with Gasteiger partial charge in [-0.05, 0) is 29.8 Å². The standard InChI is InChI=1S/C19H13ClN2O5/c1-21-18-16(22(24)25)14(10-5-4-6-11(20)9-10)15-17(27-18)12-7-2-3-8-13(12)26-19(15)23/h2-9,14,21H,1H3/t14-/m0/s1. The molecule has 2 heterocycles. The first-order valence-corrected chi connectivity index (χ1v) is 8.44. The molecule has 136 valence electrons. The van der Waals surface area contributed by atoms with E-state index in [1.54, 1.807) is 48.5 Å². The van der Waals surface area contributed by atoms with E-state index in [2.05, 4.69) is 5.32 Å². The summed E-state index contributed by atoms with van der Waals surface area (Å²) in [6.07, 6.45) is 0. The number of para-hydroxylation sites is 1. The summed E-state index contributed by atoms with van der Waals surface area (Å²) in [5.74, 6) is -0.791. The van der Waals surface area contributed by atoms with E-state index in [0.29, 0.717) is 21.6 Å². The van der Waals surface area contributed by atoms with E-state index in [0.717, 1.165) is 0 Å². The summed E-state index contributed by atoms with van der Waals surface area (Å²) >= 11 is 6.09. The topological polar surface area (TPSA) is 94.6 Å². The highest BCUT2D eigenvalue weighted by Crippen LogP contribution is 2.44. The molecule has 0 unspecified atom stereocenters. The summed E-state index contributed by atoms with van der Waals surface area (Å²) in [6, 6.07) is 13.5. The lowest BCUT2D eigenvalue weighted by atomic mass is 9.87. The third kappa shape index (κ3) is 2.72. The van der Waals surface area contributed by atoms with Crippen LogP contribution in [0.5, 0.6) is 5.75 Å². The minimum atomic E-state index is -0.995. The third-order valence-corrected chi connectivity index (χ3v) is 4.64. The number of ether oxygens (including phenoxy) is 1. The average Bonchev–Trinajstić information content (AvgIpc) is 2.66. The highest BCUT2D eigenvalue weighted by atomic mass is 35.5. The van der Waals surface area contributed by atoms with Gasteiger partial charge in [-0.3, -0.25) is 10.1 Å². The van der Waals surface area contributed by atoms with Crippen molar-refractivity contribution in [1.29, 1.82) is 0 Å². The molecule has 1 N–H and O–H groups in total. The van der Waals surface area contributed by atoms with Gasteiger partial charge in [-0.15, -0.1) is 0 Å². The zero-order valence-electron chi connectivity index (χ0n) is 14.1. The monoisotopic (exact) mass is 384 g/mol. The minimum Gasteiger partial charge on any atom is -0.434 e. The summed E-state index contributed by atoms with van der Waals surface area (Å²) < 4.78 is 11.2. The fraction of sp³-hybridized carbons (Fsp3) is 0.105. The van der Waals surface area contributed by atoms with Crippen molar-refractivity contribution in [3.05, 3.63) is 96.8 Å². The first-order valence-electron chi connectivity index (χ1n) is 8.06. The Morgan fingerprint density at radius 2 is 1.96 bits per heavy atom. The number of fused-ring (bicyclic) bond motifs is 3. The molecule has 0 spiro atoms. The number of halogens is 1. The summed E-state index contributed by atoms with van der Waals surface area (Å²) in [5, 5.41) is 15.5. The van der Waals surface area contributed by atoms with Crippen LogP contribution in [0.4, 0.5) is 0 Å². The predicted octanol–water partition coefficient (Wildman–Crippen LogP) is 3.64. The van der Waals surface area contributed by atoms with Gasteiger partial charge in [0.1, 0.15) is 11.5 Å². The second-order valence-electron chi connectivity index (χ2n) is 5.94. The number of rotatable bonds is 3. The van der Waals surface area contributed by atoms with Crippen molar-refractivity contribution in [2.45, 2.75) is 5.92 Å². The van der Waals surface area contributed by atoms with Crippen LogP contribution < -0.4 is 15.7 Å². The molecular formula is C19H13ClN2O5. The maximum absolute atomic E-state index is 12.8. The van der Waals surface area contributed by atoms with Crippen molar-refractivity contribution < 1.29 is 14.1 Å². The summed E-state index contributed by atoms with van der Waals surface area (Å²) in [7, 11) is 1.52. The van der Waals surface area contributed by atoms with E-state index in [4.69, 9.17) is 20.8 Å². The molecule has 1 aliphatic heterocycles. The maximum Gasteiger partial charge on any atom is 0.344 e. The Morgan fingerprint density at radius 3 is 2.67 bits per heavy atom. The Morgan fingerprint density at radius 1 is 1.19 bits per heavy atom. The first-order chi connectivity index (χ1) is 13.0. The molecule has 0 amide bonds. The van der Waals surface area contributed by atoms with Gasteiger partial charge in [0.25, 0.3) is 5.88 Å². The number of nitro groups is 1.